The Kier molecular flexibility index (Phi) is 6.18. The summed E-state index contributed by atoms with van der Waals surface area (Å²) in [6, 6.07) is 8.33. The van der Waals surface area contributed by atoms with Crippen molar-refractivity contribution in [2.45, 2.75) is 32.7 Å². The quantitative estimate of drug-likeness (QED) is 0.729. The van der Waals surface area contributed by atoms with E-state index in [2.05, 4.69) is 35.3 Å². The minimum atomic E-state index is 0.819. The molecule has 1 fully saturated rings. The second-order valence-electron chi connectivity index (χ2n) is 5.14. The molecule has 0 saturated carbocycles. The van der Waals surface area contributed by atoms with E-state index in [1.807, 2.05) is 6.07 Å². The lowest BCUT2D eigenvalue weighted by Crippen LogP contribution is -2.22. The molecule has 0 bridgehead atoms. The fourth-order valence-corrected chi connectivity index (χ4v) is 2.53. The van der Waals surface area contributed by atoms with E-state index in [9.17, 15) is 0 Å². The van der Waals surface area contributed by atoms with Crippen LogP contribution in [0.1, 0.15) is 31.7 Å². The summed E-state index contributed by atoms with van der Waals surface area (Å²) in [5, 5.41) is 3.35. The Hall–Kier alpha value is -1.06. The van der Waals surface area contributed by atoms with Crippen LogP contribution in [0.3, 0.4) is 0 Å². The van der Waals surface area contributed by atoms with Crippen molar-refractivity contribution in [3.05, 3.63) is 29.8 Å². The van der Waals surface area contributed by atoms with Crippen molar-refractivity contribution in [2.75, 3.05) is 32.8 Å². The van der Waals surface area contributed by atoms with Gasteiger partial charge in [0, 0.05) is 18.7 Å². The number of nitrogens with one attached hydrogen (secondary N) is 1. The first-order chi connectivity index (χ1) is 9.40. The van der Waals surface area contributed by atoms with Crippen LogP contribution in [0.5, 0.6) is 5.75 Å². The van der Waals surface area contributed by atoms with Crippen LogP contribution in [0.15, 0.2) is 24.3 Å². The van der Waals surface area contributed by atoms with Gasteiger partial charge in [0.1, 0.15) is 5.75 Å². The molecule has 1 aliphatic heterocycles. The van der Waals surface area contributed by atoms with Gasteiger partial charge in [-0.2, -0.15) is 0 Å². The molecule has 19 heavy (non-hydrogen) atoms. The molecular weight excluding hydrogens is 236 g/mol. The highest BCUT2D eigenvalue weighted by atomic mass is 16.5. The smallest absolute Gasteiger partial charge is 0.123 e. The molecule has 0 aromatic heterocycles. The summed E-state index contributed by atoms with van der Waals surface area (Å²) in [6.07, 6.45) is 3.86. The number of likely N-dealkylation sites (tertiary alicyclic amines) is 1. The predicted octanol–water partition coefficient (Wildman–Crippen LogP) is 2.66. The molecule has 0 spiro atoms. The molecule has 0 radical (unpaired) electrons. The third-order valence-electron chi connectivity index (χ3n) is 3.61. The largest absolute Gasteiger partial charge is 0.493 e. The van der Waals surface area contributed by atoms with Crippen LogP contribution in [0, 0.1) is 0 Å². The van der Waals surface area contributed by atoms with E-state index in [1.165, 1.54) is 38.0 Å². The van der Waals surface area contributed by atoms with Crippen molar-refractivity contribution in [2.24, 2.45) is 0 Å². The Morgan fingerprint density at radius 2 is 2.00 bits per heavy atom. The molecule has 2 rings (SSSR count). The van der Waals surface area contributed by atoms with Crippen LogP contribution in [0.2, 0.25) is 0 Å². The molecule has 1 aliphatic rings. The molecule has 0 unspecified atom stereocenters. The van der Waals surface area contributed by atoms with Crippen LogP contribution in [-0.2, 0) is 6.54 Å². The fourth-order valence-electron chi connectivity index (χ4n) is 2.53. The summed E-state index contributed by atoms with van der Waals surface area (Å²) in [5.74, 6) is 1.03. The molecule has 3 nitrogen and oxygen atoms in total. The summed E-state index contributed by atoms with van der Waals surface area (Å²) in [6.45, 7) is 8.55. The van der Waals surface area contributed by atoms with E-state index in [1.54, 1.807) is 0 Å². The number of para-hydroxylation sites is 1. The van der Waals surface area contributed by atoms with Gasteiger partial charge < -0.3 is 15.0 Å². The van der Waals surface area contributed by atoms with Gasteiger partial charge in [-0.05, 0) is 45.0 Å². The number of hydrogen-bond acceptors (Lipinski definition) is 3. The summed E-state index contributed by atoms with van der Waals surface area (Å²) in [5.41, 5.74) is 1.26. The zero-order valence-corrected chi connectivity index (χ0v) is 12.0. The molecule has 106 valence electrons. The SMILES string of the molecule is CCNCc1ccccc1OCCCN1CCCC1. The fraction of sp³-hybridized carbons (Fsp3) is 0.625. The van der Waals surface area contributed by atoms with Crippen LogP contribution < -0.4 is 10.1 Å². The van der Waals surface area contributed by atoms with Gasteiger partial charge in [0.2, 0.25) is 0 Å². The third-order valence-corrected chi connectivity index (χ3v) is 3.61. The lowest BCUT2D eigenvalue weighted by molar-refractivity contribution is 0.261. The second kappa shape index (κ2) is 8.18. The predicted molar refractivity (Wildman–Crippen MR) is 79.6 cm³/mol. The maximum atomic E-state index is 5.93. The first kappa shape index (κ1) is 14.4. The van der Waals surface area contributed by atoms with Crippen LogP contribution >= 0.6 is 0 Å². The van der Waals surface area contributed by atoms with Crippen molar-refractivity contribution in [3.63, 3.8) is 0 Å². The van der Waals surface area contributed by atoms with Crippen LogP contribution in [-0.4, -0.2) is 37.7 Å². The Balaban J connectivity index is 1.72. The highest BCUT2D eigenvalue weighted by Gasteiger charge is 2.10. The van der Waals surface area contributed by atoms with Gasteiger partial charge >= 0.3 is 0 Å². The first-order valence-electron chi connectivity index (χ1n) is 7.54. The number of nitrogens with zero attached hydrogens (tertiary/aromatic N) is 1. The maximum Gasteiger partial charge on any atom is 0.123 e. The average molecular weight is 262 g/mol. The van der Waals surface area contributed by atoms with Crippen molar-refractivity contribution >= 4 is 0 Å². The van der Waals surface area contributed by atoms with Gasteiger partial charge in [0.05, 0.1) is 6.61 Å². The van der Waals surface area contributed by atoms with Gasteiger partial charge in [-0.3, -0.25) is 0 Å². The van der Waals surface area contributed by atoms with E-state index < -0.39 is 0 Å². The maximum absolute atomic E-state index is 5.93. The summed E-state index contributed by atoms with van der Waals surface area (Å²) < 4.78 is 5.93. The molecule has 0 amide bonds. The molecule has 1 heterocycles. The number of rotatable bonds is 8. The van der Waals surface area contributed by atoms with E-state index in [4.69, 9.17) is 4.74 Å². The summed E-state index contributed by atoms with van der Waals surface area (Å²) in [7, 11) is 0. The summed E-state index contributed by atoms with van der Waals surface area (Å²) >= 11 is 0. The molecule has 0 aliphatic carbocycles. The van der Waals surface area contributed by atoms with Crippen LogP contribution in [0.25, 0.3) is 0 Å². The molecule has 3 heteroatoms. The summed E-state index contributed by atoms with van der Waals surface area (Å²) in [4.78, 5) is 2.54. The van der Waals surface area contributed by atoms with Gasteiger partial charge in [-0.25, -0.2) is 0 Å². The Morgan fingerprint density at radius 3 is 2.79 bits per heavy atom. The monoisotopic (exact) mass is 262 g/mol. The molecule has 1 aromatic rings. The topological polar surface area (TPSA) is 24.5 Å². The van der Waals surface area contributed by atoms with Gasteiger partial charge in [0.15, 0.2) is 0 Å². The Morgan fingerprint density at radius 1 is 1.21 bits per heavy atom. The Labute approximate surface area is 116 Å². The lowest BCUT2D eigenvalue weighted by Gasteiger charge is -2.15. The van der Waals surface area contributed by atoms with Crippen molar-refractivity contribution < 1.29 is 4.74 Å². The normalized spacial score (nSPS) is 15.8. The molecule has 1 saturated heterocycles. The highest BCUT2D eigenvalue weighted by molar-refractivity contribution is 5.33. The minimum Gasteiger partial charge on any atom is -0.493 e. The zero-order chi connectivity index (χ0) is 13.3. The molecule has 1 aromatic carbocycles. The third kappa shape index (κ3) is 4.84. The first-order valence-corrected chi connectivity index (χ1v) is 7.54. The van der Waals surface area contributed by atoms with Gasteiger partial charge in [-0.1, -0.05) is 25.1 Å². The minimum absolute atomic E-state index is 0.819. The van der Waals surface area contributed by atoms with E-state index in [0.717, 1.165) is 31.9 Å². The van der Waals surface area contributed by atoms with Gasteiger partial charge in [0.25, 0.3) is 0 Å². The molecule has 0 atom stereocenters. The number of ether oxygens (including phenoxy) is 1. The average Bonchev–Trinajstić information content (AvgIpc) is 2.95. The van der Waals surface area contributed by atoms with Crippen molar-refractivity contribution in [1.29, 1.82) is 0 Å². The lowest BCUT2D eigenvalue weighted by atomic mass is 10.2. The van der Waals surface area contributed by atoms with Crippen molar-refractivity contribution in [3.8, 4) is 5.75 Å². The van der Waals surface area contributed by atoms with E-state index in [-0.39, 0.29) is 0 Å². The Bertz CT molecular complexity index is 362. The molecule has 1 N–H and O–H groups in total. The molecular formula is C16H26N2O. The number of benzene rings is 1. The standard InChI is InChI=1S/C16H26N2O/c1-2-17-14-15-8-3-4-9-16(15)19-13-7-12-18-10-5-6-11-18/h3-4,8-9,17H,2,5-7,10-14H2,1H3. The van der Waals surface area contributed by atoms with Crippen LogP contribution in [0.4, 0.5) is 0 Å². The van der Waals surface area contributed by atoms with E-state index in [0.29, 0.717) is 0 Å². The van der Waals surface area contributed by atoms with Crippen molar-refractivity contribution in [1.82, 2.24) is 10.2 Å². The number of hydrogen-bond donors (Lipinski definition) is 1. The van der Waals surface area contributed by atoms with E-state index >= 15 is 0 Å². The highest BCUT2D eigenvalue weighted by Crippen LogP contribution is 2.18. The zero-order valence-electron chi connectivity index (χ0n) is 12.0. The van der Waals surface area contributed by atoms with Gasteiger partial charge in [-0.15, -0.1) is 0 Å². The second-order valence-corrected chi connectivity index (χ2v) is 5.14.